The molecule has 0 radical (unpaired) electrons. The van der Waals surface area contributed by atoms with Gasteiger partial charge in [0.25, 0.3) is 5.91 Å². The molecular weight excluding hydrogens is 739 g/mol. The summed E-state index contributed by atoms with van der Waals surface area (Å²) in [6.45, 7) is 5.43. The van der Waals surface area contributed by atoms with E-state index in [1.54, 1.807) is 40.0 Å². The number of rotatable bonds is 19. The number of aromatic nitrogens is 2. The first-order chi connectivity index (χ1) is 26.5. The van der Waals surface area contributed by atoms with Crippen molar-refractivity contribution in [1.82, 2.24) is 25.1 Å². The lowest BCUT2D eigenvalue weighted by Crippen LogP contribution is -2.57. The Morgan fingerprint density at radius 1 is 0.855 bits per heavy atom. The first kappa shape index (κ1) is 43.1. The molecule has 0 saturated carbocycles. The van der Waals surface area contributed by atoms with E-state index in [-0.39, 0.29) is 63.2 Å². The van der Waals surface area contributed by atoms with Crippen molar-refractivity contribution in [3.05, 3.63) is 42.1 Å². The van der Waals surface area contributed by atoms with Gasteiger partial charge in [-0.15, -0.1) is 0 Å². The fourth-order valence-electron chi connectivity index (χ4n) is 5.78. The van der Waals surface area contributed by atoms with Crippen LogP contribution in [0.2, 0.25) is 0 Å². The van der Waals surface area contributed by atoms with Crippen LogP contribution in [0, 0.1) is 0 Å². The molecule has 3 heterocycles. The van der Waals surface area contributed by atoms with E-state index in [4.69, 9.17) is 33.0 Å². The molecule has 0 spiro atoms. The van der Waals surface area contributed by atoms with Crippen molar-refractivity contribution in [3.63, 3.8) is 0 Å². The van der Waals surface area contributed by atoms with Crippen LogP contribution in [0.5, 0.6) is 0 Å². The van der Waals surface area contributed by atoms with Gasteiger partial charge in [0.15, 0.2) is 5.82 Å². The normalized spacial score (nSPS) is 16.4. The molecule has 18 nitrogen and oxygen atoms in total. The maximum absolute atomic E-state index is 14.3. The van der Waals surface area contributed by atoms with Crippen LogP contribution in [0.4, 0.5) is 10.6 Å². The van der Waals surface area contributed by atoms with Crippen LogP contribution in [0.1, 0.15) is 63.4 Å². The number of nitrogens with one attached hydrogen (secondary N) is 1. The third kappa shape index (κ3) is 13.0. The number of hydrogen-bond acceptors (Lipinski definition) is 15. The number of benzene rings is 1. The van der Waals surface area contributed by atoms with E-state index < -0.39 is 63.2 Å². The fraction of sp³-hybridized carbons (Fsp3) is 0.583. The molecule has 2 aliphatic heterocycles. The van der Waals surface area contributed by atoms with E-state index >= 15 is 0 Å². The lowest BCUT2D eigenvalue weighted by molar-refractivity contribution is -0.152. The summed E-state index contributed by atoms with van der Waals surface area (Å²) >= 11 is 0. The zero-order chi connectivity index (χ0) is 39.8. The first-order valence-corrected chi connectivity index (χ1v) is 20.1. The Kier molecular flexibility index (Phi) is 16.8. The molecule has 1 aromatic carbocycles. The van der Waals surface area contributed by atoms with Gasteiger partial charge in [-0.1, -0.05) is 44.2 Å². The number of anilines is 1. The summed E-state index contributed by atoms with van der Waals surface area (Å²) in [5.41, 5.74) is 0.572. The second kappa shape index (κ2) is 21.5. The Morgan fingerprint density at radius 3 is 2.04 bits per heavy atom. The number of methoxy groups -OCH3 is 1. The molecule has 2 aliphatic rings. The summed E-state index contributed by atoms with van der Waals surface area (Å²) in [5.74, 6) is -1.95. The SMILES string of the molecule is CCCC(=O)OCOP(=O)(CC(NC(=O)c1cc(N2CCC(OC)C2)nc(-c2ccccc2)n1)C(=O)N1CCN(C(=O)OCC)CC1)OCOC(=O)CCC. The van der Waals surface area contributed by atoms with Gasteiger partial charge in [0, 0.05) is 70.8 Å². The molecule has 55 heavy (non-hydrogen) atoms. The van der Waals surface area contributed by atoms with E-state index in [9.17, 15) is 28.5 Å². The smallest absolute Gasteiger partial charge is 0.409 e. The summed E-state index contributed by atoms with van der Waals surface area (Å²) in [7, 11) is -2.83. The fourth-order valence-corrected chi connectivity index (χ4v) is 7.19. The van der Waals surface area contributed by atoms with Crippen molar-refractivity contribution >= 4 is 43.3 Å². The lowest BCUT2D eigenvalue weighted by atomic mass is 10.2. The minimum Gasteiger partial charge on any atom is -0.450 e. The molecule has 0 bridgehead atoms. The number of ether oxygens (including phenoxy) is 4. The zero-order valence-electron chi connectivity index (χ0n) is 31.8. The number of esters is 2. The summed E-state index contributed by atoms with van der Waals surface area (Å²) in [6, 6.07) is 9.03. The molecule has 2 aromatic rings. The number of amides is 3. The van der Waals surface area contributed by atoms with Crippen molar-refractivity contribution in [3.8, 4) is 11.4 Å². The highest BCUT2D eigenvalue weighted by Crippen LogP contribution is 2.49. The highest BCUT2D eigenvalue weighted by Gasteiger charge is 2.39. The van der Waals surface area contributed by atoms with Crippen LogP contribution >= 0.6 is 7.60 Å². The standard InChI is InChI=1S/C36H51N6O12P/c1-5-11-31(43)51-24-53-55(48,54-25-52-32(44)12-6-2)23-29(35(46)40-17-19-41(20-18-40)36(47)50-7-3)38-34(45)28-21-30(42-16-15-27(22-42)49-4)39-33(37-28)26-13-9-8-10-14-26/h8-10,13-14,21,27,29H,5-7,11-12,15-20,22-25H2,1-4H3,(H,38,45). The highest BCUT2D eigenvalue weighted by molar-refractivity contribution is 7.54. The predicted molar refractivity (Wildman–Crippen MR) is 198 cm³/mol. The minimum atomic E-state index is -4.47. The van der Waals surface area contributed by atoms with Gasteiger partial charge in [0.05, 0.1) is 18.9 Å². The second-order valence-electron chi connectivity index (χ2n) is 12.8. The quantitative estimate of drug-likeness (QED) is 0.0935. The van der Waals surface area contributed by atoms with Gasteiger partial charge in [0.2, 0.25) is 19.5 Å². The van der Waals surface area contributed by atoms with Gasteiger partial charge < -0.3 is 39.0 Å². The van der Waals surface area contributed by atoms with E-state index in [0.717, 1.165) is 6.42 Å². The summed E-state index contributed by atoms with van der Waals surface area (Å²) in [5, 5.41) is 2.68. The third-order valence-corrected chi connectivity index (χ3v) is 10.6. The average Bonchev–Trinajstić information content (AvgIpc) is 3.68. The summed E-state index contributed by atoms with van der Waals surface area (Å²) in [6.07, 6.45) is 0.597. The zero-order valence-corrected chi connectivity index (χ0v) is 32.7. The molecule has 19 heteroatoms. The summed E-state index contributed by atoms with van der Waals surface area (Å²) in [4.78, 5) is 79.0. The van der Waals surface area contributed by atoms with Gasteiger partial charge in [-0.05, 0) is 26.2 Å². The number of nitrogens with zero attached hydrogens (tertiary/aromatic N) is 5. The maximum atomic E-state index is 14.3. The van der Waals surface area contributed by atoms with E-state index in [2.05, 4.69) is 10.3 Å². The monoisotopic (exact) mass is 790 g/mol. The van der Waals surface area contributed by atoms with E-state index in [1.807, 2.05) is 23.1 Å². The molecule has 2 fully saturated rings. The molecule has 1 N–H and O–H groups in total. The largest absolute Gasteiger partial charge is 0.450 e. The van der Waals surface area contributed by atoms with Crippen LogP contribution < -0.4 is 10.2 Å². The predicted octanol–water partition coefficient (Wildman–Crippen LogP) is 3.60. The van der Waals surface area contributed by atoms with Crippen LogP contribution in [0.25, 0.3) is 11.4 Å². The Bertz CT molecular complexity index is 1630. The van der Waals surface area contributed by atoms with Gasteiger partial charge >= 0.3 is 25.6 Å². The van der Waals surface area contributed by atoms with Crippen molar-refractivity contribution in [2.75, 3.05) is 77.6 Å². The van der Waals surface area contributed by atoms with Crippen molar-refractivity contribution in [2.24, 2.45) is 0 Å². The Balaban J connectivity index is 1.65. The Hall–Kier alpha value is -4.64. The summed E-state index contributed by atoms with van der Waals surface area (Å²) < 4.78 is 46.0. The van der Waals surface area contributed by atoms with Crippen LogP contribution in [-0.2, 0) is 46.9 Å². The van der Waals surface area contributed by atoms with Gasteiger partial charge in [0.1, 0.15) is 17.6 Å². The van der Waals surface area contributed by atoms with Gasteiger partial charge in [-0.2, -0.15) is 0 Å². The average molecular weight is 791 g/mol. The van der Waals surface area contributed by atoms with Gasteiger partial charge in [-0.3, -0.25) is 32.8 Å². The molecule has 4 rings (SSSR count). The van der Waals surface area contributed by atoms with Crippen molar-refractivity contribution in [1.29, 1.82) is 0 Å². The molecule has 2 unspecified atom stereocenters. The Morgan fingerprint density at radius 2 is 1.47 bits per heavy atom. The molecule has 2 saturated heterocycles. The van der Waals surface area contributed by atoms with Crippen LogP contribution in [0.3, 0.4) is 0 Å². The number of piperazine rings is 1. The molecule has 1 aromatic heterocycles. The van der Waals surface area contributed by atoms with Crippen molar-refractivity contribution in [2.45, 2.75) is 65.0 Å². The minimum absolute atomic E-state index is 0.0321. The number of hydrogen-bond donors (Lipinski definition) is 1. The molecule has 302 valence electrons. The Labute approximate surface area is 320 Å². The van der Waals surface area contributed by atoms with E-state index in [1.165, 1.54) is 15.9 Å². The first-order valence-electron chi connectivity index (χ1n) is 18.4. The number of carbonyl (C=O) groups excluding carboxylic acids is 5. The highest BCUT2D eigenvalue weighted by atomic mass is 31.2. The third-order valence-electron chi connectivity index (χ3n) is 8.75. The van der Waals surface area contributed by atoms with Gasteiger partial charge in [-0.25, -0.2) is 14.8 Å². The topological polar surface area (TPSA) is 205 Å². The lowest BCUT2D eigenvalue weighted by Gasteiger charge is -2.36. The maximum Gasteiger partial charge on any atom is 0.409 e. The molecule has 2 atom stereocenters. The molecule has 3 amide bonds. The van der Waals surface area contributed by atoms with E-state index in [0.29, 0.717) is 37.3 Å². The van der Waals surface area contributed by atoms with Crippen LogP contribution in [-0.4, -0.2) is 134 Å². The second-order valence-corrected chi connectivity index (χ2v) is 14.9. The van der Waals surface area contributed by atoms with Crippen molar-refractivity contribution < 1.29 is 56.5 Å². The molecule has 0 aliphatic carbocycles. The van der Waals surface area contributed by atoms with Crippen LogP contribution in [0.15, 0.2) is 36.4 Å². The molecular formula is C36H51N6O12P. The number of carbonyl (C=O) groups is 5.